The second kappa shape index (κ2) is 15.6. The number of pyridine rings is 1. The van der Waals surface area contributed by atoms with Gasteiger partial charge in [0.25, 0.3) is 0 Å². The highest BCUT2D eigenvalue weighted by atomic mass is 16.5. The number of allylic oxidation sites excluding steroid dienone is 2. The summed E-state index contributed by atoms with van der Waals surface area (Å²) in [5.41, 5.74) is 2.27. The van der Waals surface area contributed by atoms with Gasteiger partial charge in [-0.1, -0.05) is 39.2 Å². The Balaban J connectivity index is 0.000000273. The molecular weight excluding hydrogens is 488 g/mol. The number of fused-ring (bicyclic) bond motifs is 1. The van der Waals surface area contributed by atoms with Crippen LogP contribution in [0.25, 0.3) is 16.5 Å². The van der Waals surface area contributed by atoms with E-state index < -0.39 is 0 Å². The number of rotatable bonds is 5. The number of nitrogens with zero attached hydrogens (tertiary/aromatic N) is 3. The van der Waals surface area contributed by atoms with Crippen molar-refractivity contribution in [2.45, 2.75) is 65.9 Å². The Morgan fingerprint density at radius 1 is 1.13 bits per heavy atom. The number of carbonyl (C=O) groups excluding carboxylic acids is 1. The Kier molecular flexibility index (Phi) is 12.3. The molecule has 216 valence electrons. The zero-order valence-electron chi connectivity index (χ0n) is 24.8. The molecule has 2 fully saturated rings. The maximum Gasteiger partial charge on any atom is 0.225 e. The van der Waals surface area contributed by atoms with Gasteiger partial charge in [0.05, 0.1) is 0 Å². The van der Waals surface area contributed by atoms with Gasteiger partial charge in [0, 0.05) is 57.8 Å². The molecule has 7 heteroatoms. The van der Waals surface area contributed by atoms with Gasteiger partial charge in [-0.3, -0.25) is 4.79 Å². The zero-order valence-corrected chi connectivity index (χ0v) is 24.8. The maximum absolute atomic E-state index is 12.2. The van der Waals surface area contributed by atoms with Crippen molar-refractivity contribution >= 4 is 28.3 Å². The summed E-state index contributed by atoms with van der Waals surface area (Å²) in [4.78, 5) is 21.0. The number of piperazine rings is 1. The van der Waals surface area contributed by atoms with Crippen LogP contribution < -0.4 is 5.32 Å². The first-order chi connectivity index (χ1) is 18.9. The van der Waals surface area contributed by atoms with Crippen molar-refractivity contribution in [1.29, 1.82) is 0 Å². The SMILES string of the molecule is CC.CN1CCN(C(=O)C2CCCCC2)CC1.COCNc1cc2cc(C3=CC=CC(C)O3)cc(C)c2cn1.[HH]. The minimum atomic E-state index is 0. The Hall–Kier alpha value is -2.90. The van der Waals surface area contributed by atoms with Gasteiger partial charge in [-0.05, 0) is 75.0 Å². The van der Waals surface area contributed by atoms with Crippen molar-refractivity contribution in [2.75, 3.05) is 52.4 Å². The van der Waals surface area contributed by atoms with Crippen LogP contribution in [0.5, 0.6) is 0 Å². The molecule has 0 spiro atoms. The molecule has 5 rings (SSSR count). The number of hydrogen-bond donors (Lipinski definition) is 1. The number of ether oxygens (including phenoxy) is 2. The van der Waals surface area contributed by atoms with Crippen molar-refractivity contribution in [1.82, 2.24) is 14.8 Å². The van der Waals surface area contributed by atoms with E-state index in [1.807, 2.05) is 51.3 Å². The highest BCUT2D eigenvalue weighted by Crippen LogP contribution is 2.29. The van der Waals surface area contributed by atoms with Crippen molar-refractivity contribution in [3.05, 3.63) is 53.8 Å². The largest absolute Gasteiger partial charge is 0.486 e. The summed E-state index contributed by atoms with van der Waals surface area (Å²) < 4.78 is 10.9. The Bertz CT molecular complexity index is 1120. The van der Waals surface area contributed by atoms with Gasteiger partial charge in [-0.15, -0.1) is 0 Å². The number of benzene rings is 1. The highest BCUT2D eigenvalue weighted by Gasteiger charge is 2.27. The first-order valence-corrected chi connectivity index (χ1v) is 14.6. The molecule has 1 unspecified atom stereocenters. The molecule has 0 bridgehead atoms. The molecule has 2 aromatic rings. The molecule has 1 atom stereocenters. The number of anilines is 1. The number of aryl methyl sites for hydroxylation is 1. The summed E-state index contributed by atoms with van der Waals surface area (Å²) in [6.07, 6.45) is 14.2. The minimum absolute atomic E-state index is 0. The number of methoxy groups -OCH3 is 1. The van der Waals surface area contributed by atoms with Crippen LogP contribution in [-0.2, 0) is 14.3 Å². The molecule has 1 saturated carbocycles. The quantitative estimate of drug-likeness (QED) is 0.439. The van der Waals surface area contributed by atoms with E-state index in [0.29, 0.717) is 18.6 Å². The van der Waals surface area contributed by atoms with Crippen molar-refractivity contribution in [3.63, 3.8) is 0 Å². The Morgan fingerprint density at radius 2 is 1.85 bits per heavy atom. The molecule has 1 amide bonds. The number of amides is 1. The average Bonchev–Trinajstić information content (AvgIpc) is 2.98. The van der Waals surface area contributed by atoms with E-state index in [9.17, 15) is 4.79 Å². The van der Waals surface area contributed by atoms with Gasteiger partial charge in [-0.25, -0.2) is 4.98 Å². The Morgan fingerprint density at radius 3 is 2.51 bits per heavy atom. The molecular formula is C32H50N4O3. The van der Waals surface area contributed by atoms with Crippen LogP contribution in [0.15, 0.2) is 42.6 Å². The van der Waals surface area contributed by atoms with Crippen molar-refractivity contribution < 1.29 is 15.7 Å². The summed E-state index contributed by atoms with van der Waals surface area (Å²) in [6, 6.07) is 6.32. The summed E-state index contributed by atoms with van der Waals surface area (Å²) in [5.74, 6) is 2.49. The summed E-state index contributed by atoms with van der Waals surface area (Å²) >= 11 is 0. The topological polar surface area (TPSA) is 66.9 Å². The van der Waals surface area contributed by atoms with Crippen molar-refractivity contribution in [2.24, 2.45) is 5.92 Å². The minimum Gasteiger partial charge on any atom is -0.486 e. The van der Waals surface area contributed by atoms with E-state index in [2.05, 4.69) is 46.2 Å². The molecule has 3 heterocycles. The molecule has 1 N–H and O–H groups in total. The van der Waals surface area contributed by atoms with Crippen LogP contribution in [-0.4, -0.2) is 73.9 Å². The molecule has 1 aromatic heterocycles. The van der Waals surface area contributed by atoms with E-state index in [4.69, 9.17) is 9.47 Å². The number of hydrogen-bond acceptors (Lipinski definition) is 6. The van der Waals surface area contributed by atoms with Crippen LogP contribution in [0.3, 0.4) is 0 Å². The standard InChI is InChI=1S/C18H20N2O2.C12H22N2O.C2H6.H2/c1-12-7-15(17-6-4-5-13(2)22-17)8-14-9-18(20-11-21-3)19-10-16(12)14;1-13-7-9-14(10-8-13)12(15)11-5-3-2-4-6-11;1-2;/h4-10,13H,11H2,1-3H3,(H,19,20);11H,2-10H2,1H3;1-2H3;1H. The van der Waals surface area contributed by atoms with Crippen LogP contribution in [0.2, 0.25) is 0 Å². The zero-order chi connectivity index (χ0) is 28.2. The van der Waals surface area contributed by atoms with Gasteiger partial charge in [0.1, 0.15) is 24.4 Å². The number of nitrogens with one attached hydrogen (secondary N) is 1. The number of carbonyl (C=O) groups is 1. The van der Waals surface area contributed by atoms with E-state index in [1.165, 1.54) is 24.8 Å². The molecule has 3 aliphatic rings. The summed E-state index contributed by atoms with van der Waals surface area (Å²) in [7, 11) is 3.78. The fraction of sp³-hybridized carbons (Fsp3) is 0.562. The van der Waals surface area contributed by atoms with Gasteiger partial charge >= 0.3 is 0 Å². The van der Waals surface area contributed by atoms with Crippen LogP contribution in [0, 0.1) is 12.8 Å². The highest BCUT2D eigenvalue weighted by molar-refractivity contribution is 5.89. The maximum atomic E-state index is 12.2. The van der Waals surface area contributed by atoms with Gasteiger partial charge in [0.2, 0.25) is 5.91 Å². The van der Waals surface area contributed by atoms with Gasteiger partial charge in [0.15, 0.2) is 0 Å². The lowest BCUT2D eigenvalue weighted by Gasteiger charge is -2.35. The fourth-order valence-corrected chi connectivity index (χ4v) is 5.20. The lowest BCUT2D eigenvalue weighted by atomic mass is 9.88. The first-order valence-electron chi connectivity index (χ1n) is 14.6. The van der Waals surface area contributed by atoms with E-state index in [1.54, 1.807) is 7.11 Å². The van der Waals surface area contributed by atoms with Crippen molar-refractivity contribution in [3.8, 4) is 0 Å². The van der Waals surface area contributed by atoms with Crippen LogP contribution >= 0.6 is 0 Å². The third kappa shape index (κ3) is 8.80. The predicted octanol–water partition coefficient (Wildman–Crippen LogP) is 6.49. The third-order valence-corrected chi connectivity index (χ3v) is 7.44. The average molecular weight is 539 g/mol. The third-order valence-electron chi connectivity index (χ3n) is 7.44. The molecule has 0 radical (unpaired) electrons. The van der Waals surface area contributed by atoms with E-state index in [0.717, 1.165) is 66.9 Å². The lowest BCUT2D eigenvalue weighted by molar-refractivity contribution is -0.138. The monoisotopic (exact) mass is 538 g/mol. The normalized spacial score (nSPS) is 19.7. The number of aromatic nitrogens is 1. The number of likely N-dealkylation sites (N-methyl/N-ethyl adjacent to an activating group) is 1. The van der Waals surface area contributed by atoms with Crippen LogP contribution in [0.4, 0.5) is 5.82 Å². The van der Waals surface area contributed by atoms with Gasteiger partial charge in [-0.2, -0.15) is 0 Å². The van der Waals surface area contributed by atoms with Crippen LogP contribution in [0.1, 0.15) is 65.4 Å². The molecule has 7 nitrogen and oxygen atoms in total. The fourth-order valence-electron chi connectivity index (χ4n) is 5.20. The van der Waals surface area contributed by atoms with Gasteiger partial charge < -0.3 is 24.6 Å². The summed E-state index contributed by atoms with van der Waals surface area (Å²) in [5, 5.41) is 5.40. The lowest BCUT2D eigenvalue weighted by Crippen LogP contribution is -2.49. The molecule has 2 aliphatic heterocycles. The predicted molar refractivity (Wildman–Crippen MR) is 164 cm³/mol. The summed E-state index contributed by atoms with van der Waals surface area (Å²) in [6.45, 7) is 12.5. The second-order valence-corrected chi connectivity index (χ2v) is 10.4. The molecule has 1 aromatic carbocycles. The smallest absolute Gasteiger partial charge is 0.225 e. The molecule has 1 aliphatic carbocycles. The Labute approximate surface area is 236 Å². The molecule has 39 heavy (non-hydrogen) atoms. The first kappa shape index (κ1) is 30.6. The van der Waals surface area contributed by atoms with E-state index in [-0.39, 0.29) is 7.53 Å². The second-order valence-electron chi connectivity index (χ2n) is 10.4. The van der Waals surface area contributed by atoms with E-state index >= 15 is 0 Å². The molecule has 1 saturated heterocycles.